The molecule has 0 unspecified atom stereocenters. The summed E-state index contributed by atoms with van der Waals surface area (Å²) in [6.07, 6.45) is -4.45. The molecule has 0 saturated carbocycles. The van der Waals surface area contributed by atoms with E-state index in [0.717, 1.165) is 16.4 Å². The van der Waals surface area contributed by atoms with E-state index in [1.54, 1.807) is 31.2 Å². The number of nitrogens with zero attached hydrogens (tertiary/aromatic N) is 3. The molecule has 0 bridgehead atoms. The fraction of sp³-hybridized carbons (Fsp3) is 0.360. The Kier molecular flexibility index (Phi) is 8.59. The van der Waals surface area contributed by atoms with Gasteiger partial charge < -0.3 is 19.0 Å². The highest BCUT2D eigenvalue weighted by Gasteiger charge is 2.33. The summed E-state index contributed by atoms with van der Waals surface area (Å²) in [7, 11) is -4.05. The molecule has 2 aromatic carbocycles. The van der Waals surface area contributed by atoms with Gasteiger partial charge in [-0.25, -0.2) is 4.98 Å². The van der Waals surface area contributed by atoms with Crippen LogP contribution in [0, 0.1) is 6.92 Å². The van der Waals surface area contributed by atoms with E-state index < -0.39 is 34.5 Å². The van der Waals surface area contributed by atoms with Crippen LogP contribution in [0.1, 0.15) is 22.6 Å². The van der Waals surface area contributed by atoms with Crippen LogP contribution in [0.15, 0.2) is 52.9 Å². The largest absolute Gasteiger partial charge is 0.487 e. The molecule has 4 rings (SSSR count). The molecule has 10 nitrogen and oxygen atoms in total. The average molecular weight is 570 g/mol. The zero-order chi connectivity index (χ0) is 28.2. The van der Waals surface area contributed by atoms with E-state index in [0.29, 0.717) is 28.3 Å². The summed E-state index contributed by atoms with van der Waals surface area (Å²) in [6, 6.07) is 11.0. The number of hydrogen-bond acceptors (Lipinski definition) is 7. The molecule has 1 saturated heterocycles. The summed E-state index contributed by atoms with van der Waals surface area (Å²) in [6.45, 7) is 1.44. The van der Waals surface area contributed by atoms with E-state index in [9.17, 15) is 31.5 Å². The summed E-state index contributed by atoms with van der Waals surface area (Å²) in [4.78, 5) is 15.7. The minimum atomic E-state index is -4.45. The quantitative estimate of drug-likeness (QED) is 0.392. The predicted molar refractivity (Wildman–Crippen MR) is 132 cm³/mol. The fourth-order valence-corrected chi connectivity index (χ4v) is 5.41. The number of carbonyl (C=O) groups is 1. The topological polar surface area (TPSA) is 122 Å². The summed E-state index contributed by atoms with van der Waals surface area (Å²) in [5, 5.41) is 9.31. The molecule has 1 aliphatic rings. The van der Waals surface area contributed by atoms with E-state index >= 15 is 0 Å². The number of carboxylic acid groups (broad SMARTS) is 1. The lowest BCUT2D eigenvalue weighted by Gasteiger charge is -2.31. The van der Waals surface area contributed by atoms with Gasteiger partial charge in [-0.05, 0) is 48.9 Å². The van der Waals surface area contributed by atoms with Gasteiger partial charge in [-0.15, -0.1) is 0 Å². The second-order valence-electron chi connectivity index (χ2n) is 8.71. The van der Waals surface area contributed by atoms with Crippen LogP contribution in [-0.4, -0.2) is 65.9 Å². The molecule has 14 heteroatoms. The monoisotopic (exact) mass is 569 g/mol. The number of rotatable bonds is 10. The predicted octanol–water partition coefficient (Wildman–Crippen LogP) is 3.71. The van der Waals surface area contributed by atoms with Gasteiger partial charge in [0.1, 0.15) is 30.4 Å². The molecule has 1 aromatic heterocycles. The molecular weight excluding hydrogens is 543 g/mol. The third kappa shape index (κ3) is 7.15. The van der Waals surface area contributed by atoms with Crippen molar-refractivity contribution in [1.29, 1.82) is 0 Å². The third-order valence-corrected chi connectivity index (χ3v) is 7.85. The van der Waals surface area contributed by atoms with Crippen LogP contribution in [-0.2, 0) is 39.1 Å². The highest BCUT2D eigenvalue weighted by Crippen LogP contribution is 2.31. The van der Waals surface area contributed by atoms with Gasteiger partial charge >= 0.3 is 12.1 Å². The lowest BCUT2D eigenvalue weighted by Crippen LogP contribution is -2.49. The van der Waals surface area contributed by atoms with Gasteiger partial charge in [0.25, 0.3) is 10.2 Å². The van der Waals surface area contributed by atoms with E-state index in [4.69, 9.17) is 13.9 Å². The number of halogens is 3. The Morgan fingerprint density at radius 2 is 1.85 bits per heavy atom. The number of morpholine rings is 1. The standard InChI is InChI=1S/C25H26F3N3O7S/c1-17-22(29-24(38-17)19-5-7-20(8-6-19)25(26,27)28)16-37-21-4-2-3-18(13-21)14-31(15-23(32)33)39(34,35)30-9-11-36-12-10-30/h2-8,13H,9-12,14-16H2,1H3,(H,32,33). The van der Waals surface area contributed by atoms with Crippen molar-refractivity contribution in [2.45, 2.75) is 26.3 Å². The highest BCUT2D eigenvalue weighted by atomic mass is 32.2. The van der Waals surface area contributed by atoms with Gasteiger partial charge in [0, 0.05) is 25.2 Å². The Hall–Kier alpha value is -3.46. The number of ether oxygens (including phenoxy) is 2. The van der Waals surface area contributed by atoms with Gasteiger partial charge in [-0.2, -0.15) is 30.2 Å². The summed E-state index contributed by atoms with van der Waals surface area (Å²) < 4.78 is 83.3. The molecular formula is C25H26F3N3O7S. The number of oxazole rings is 1. The smallest absolute Gasteiger partial charge is 0.416 e. The normalized spacial score (nSPS) is 15.0. The van der Waals surface area contributed by atoms with Crippen LogP contribution < -0.4 is 4.74 Å². The van der Waals surface area contributed by atoms with Crippen LogP contribution in [0.25, 0.3) is 11.5 Å². The molecule has 1 fully saturated rings. The Morgan fingerprint density at radius 1 is 1.15 bits per heavy atom. The zero-order valence-corrected chi connectivity index (χ0v) is 21.7. The van der Waals surface area contributed by atoms with E-state index in [1.807, 2.05) is 0 Å². The van der Waals surface area contributed by atoms with Gasteiger partial charge in [-0.1, -0.05) is 12.1 Å². The zero-order valence-electron chi connectivity index (χ0n) is 20.8. The molecule has 0 amide bonds. The highest BCUT2D eigenvalue weighted by molar-refractivity contribution is 7.86. The van der Waals surface area contributed by atoms with Crippen molar-refractivity contribution in [2.24, 2.45) is 0 Å². The minimum Gasteiger partial charge on any atom is -0.487 e. The van der Waals surface area contributed by atoms with E-state index in [1.165, 1.54) is 16.4 Å². The summed E-state index contributed by atoms with van der Waals surface area (Å²) in [5.74, 6) is -0.342. The molecule has 0 radical (unpaired) electrons. The molecule has 210 valence electrons. The van der Waals surface area contributed by atoms with Crippen LogP contribution in [0.2, 0.25) is 0 Å². The first kappa shape index (κ1) is 28.5. The van der Waals surface area contributed by atoms with Crippen molar-refractivity contribution in [3.63, 3.8) is 0 Å². The molecule has 3 aromatic rings. The second-order valence-corrected chi connectivity index (χ2v) is 10.6. The maximum Gasteiger partial charge on any atom is 0.416 e. The van der Waals surface area contributed by atoms with Crippen molar-refractivity contribution in [1.82, 2.24) is 13.6 Å². The number of aryl methyl sites for hydroxylation is 1. The van der Waals surface area contributed by atoms with Crippen molar-refractivity contribution < 1.29 is 45.4 Å². The Labute approximate surface area is 222 Å². The Morgan fingerprint density at radius 3 is 2.49 bits per heavy atom. The van der Waals surface area contributed by atoms with Gasteiger partial charge in [0.2, 0.25) is 5.89 Å². The van der Waals surface area contributed by atoms with Crippen LogP contribution in [0.5, 0.6) is 5.75 Å². The van der Waals surface area contributed by atoms with E-state index in [-0.39, 0.29) is 45.3 Å². The number of alkyl halides is 3. The molecule has 39 heavy (non-hydrogen) atoms. The van der Waals surface area contributed by atoms with Crippen LogP contribution in [0.4, 0.5) is 13.2 Å². The molecule has 0 atom stereocenters. The number of carboxylic acids is 1. The first-order valence-corrected chi connectivity index (χ1v) is 13.2. The third-order valence-electron chi connectivity index (χ3n) is 5.92. The van der Waals surface area contributed by atoms with Gasteiger partial charge in [-0.3, -0.25) is 4.79 Å². The van der Waals surface area contributed by atoms with E-state index in [2.05, 4.69) is 4.98 Å². The van der Waals surface area contributed by atoms with Crippen LogP contribution in [0.3, 0.4) is 0 Å². The molecule has 2 heterocycles. The lowest BCUT2D eigenvalue weighted by atomic mass is 10.1. The molecule has 1 aliphatic heterocycles. The first-order valence-electron chi connectivity index (χ1n) is 11.8. The molecule has 0 spiro atoms. The fourth-order valence-electron chi connectivity index (χ4n) is 3.89. The SMILES string of the molecule is Cc1oc(-c2ccc(C(F)(F)F)cc2)nc1COc1cccc(CN(CC(=O)O)S(=O)(=O)N2CCOCC2)c1. The van der Waals surface area contributed by atoms with Crippen molar-refractivity contribution in [2.75, 3.05) is 32.8 Å². The lowest BCUT2D eigenvalue weighted by molar-refractivity contribution is -0.138. The maximum atomic E-state index is 13.1. The maximum absolute atomic E-state index is 13.1. The second kappa shape index (κ2) is 11.7. The summed E-state index contributed by atoms with van der Waals surface area (Å²) >= 11 is 0. The van der Waals surface area contributed by atoms with Crippen molar-refractivity contribution in [3.8, 4) is 17.2 Å². The van der Waals surface area contributed by atoms with Gasteiger partial charge in [0.15, 0.2) is 0 Å². The molecule has 0 aliphatic carbocycles. The van der Waals surface area contributed by atoms with Gasteiger partial charge in [0.05, 0.1) is 18.8 Å². The van der Waals surface area contributed by atoms with Crippen molar-refractivity contribution in [3.05, 3.63) is 71.1 Å². The Bertz CT molecular complexity index is 1400. The number of aliphatic carboxylic acids is 1. The number of aromatic nitrogens is 1. The molecule has 1 N–H and O–H groups in total. The first-order chi connectivity index (χ1) is 18.4. The van der Waals surface area contributed by atoms with Crippen LogP contribution >= 0.6 is 0 Å². The number of hydrogen-bond donors (Lipinski definition) is 1. The number of benzene rings is 2. The van der Waals surface area contributed by atoms with Crippen molar-refractivity contribution >= 4 is 16.2 Å². The minimum absolute atomic E-state index is 0.0235. The summed E-state index contributed by atoms with van der Waals surface area (Å²) in [5.41, 5.74) is 0.530. The Balaban J connectivity index is 1.45. The average Bonchev–Trinajstić information content (AvgIpc) is 3.27.